The molecule has 0 bridgehead atoms. The summed E-state index contributed by atoms with van der Waals surface area (Å²) >= 11 is 3.53. The molecule has 0 aromatic heterocycles. The van der Waals surface area contributed by atoms with Gasteiger partial charge in [0.1, 0.15) is 0 Å². The Morgan fingerprint density at radius 3 is 1.25 bits per heavy atom. The monoisotopic (exact) mass is 379 g/mol. The Bertz CT molecular complexity index is 726. The number of aryl methyl sites for hydroxylation is 2. The second-order valence-electron chi connectivity index (χ2n) is 5.85. The van der Waals surface area contributed by atoms with Crippen molar-refractivity contribution in [1.29, 1.82) is 0 Å². The summed E-state index contributed by atoms with van der Waals surface area (Å²) in [4.78, 5) is 2.30. The molecule has 0 spiro atoms. The van der Waals surface area contributed by atoms with Gasteiger partial charge in [-0.3, -0.25) is 0 Å². The Morgan fingerprint density at radius 2 is 0.917 bits per heavy atom. The fourth-order valence-corrected chi connectivity index (χ4v) is 3.06. The first-order valence-electron chi connectivity index (χ1n) is 8.45. The van der Waals surface area contributed by atoms with Crippen LogP contribution in [0.2, 0.25) is 0 Å². The van der Waals surface area contributed by atoms with Gasteiger partial charge in [-0.25, -0.2) is 0 Å². The molecule has 122 valence electrons. The highest BCUT2D eigenvalue weighted by atomic mass is 79.9. The molecule has 3 rings (SSSR count). The summed E-state index contributed by atoms with van der Waals surface area (Å²) in [7, 11) is 0. The second-order valence-corrected chi connectivity index (χ2v) is 6.77. The van der Waals surface area contributed by atoms with Gasteiger partial charge in [0.25, 0.3) is 0 Å². The number of hydrogen-bond acceptors (Lipinski definition) is 1. The predicted molar refractivity (Wildman–Crippen MR) is 108 cm³/mol. The minimum absolute atomic E-state index is 1.06. The molecule has 0 saturated carbocycles. The van der Waals surface area contributed by atoms with Crippen molar-refractivity contribution >= 4 is 33.0 Å². The van der Waals surface area contributed by atoms with Gasteiger partial charge in [-0.2, -0.15) is 0 Å². The summed E-state index contributed by atoms with van der Waals surface area (Å²) in [5.74, 6) is 0. The van der Waals surface area contributed by atoms with Crippen molar-refractivity contribution in [2.45, 2.75) is 26.7 Å². The predicted octanol–water partition coefficient (Wildman–Crippen LogP) is 7.04. The number of benzene rings is 3. The van der Waals surface area contributed by atoms with Gasteiger partial charge in [-0.05, 0) is 72.5 Å². The third-order valence-corrected chi connectivity index (χ3v) is 4.82. The van der Waals surface area contributed by atoms with E-state index in [2.05, 4.69) is 107 Å². The van der Waals surface area contributed by atoms with Crippen molar-refractivity contribution in [3.05, 3.63) is 88.4 Å². The summed E-state index contributed by atoms with van der Waals surface area (Å²) in [5.41, 5.74) is 6.23. The third-order valence-electron chi connectivity index (χ3n) is 4.29. The lowest BCUT2D eigenvalue weighted by Gasteiger charge is -2.26. The van der Waals surface area contributed by atoms with E-state index in [0.29, 0.717) is 0 Å². The fraction of sp³-hybridized carbons (Fsp3) is 0.182. The highest BCUT2D eigenvalue weighted by Crippen LogP contribution is 2.35. The lowest BCUT2D eigenvalue weighted by molar-refractivity contribution is 1.13. The molecule has 1 nitrogen and oxygen atoms in total. The Morgan fingerprint density at radius 1 is 0.583 bits per heavy atom. The Labute approximate surface area is 153 Å². The normalized spacial score (nSPS) is 10.6. The average molecular weight is 380 g/mol. The molecular weight excluding hydrogens is 358 g/mol. The van der Waals surface area contributed by atoms with Crippen molar-refractivity contribution in [1.82, 2.24) is 0 Å². The summed E-state index contributed by atoms with van der Waals surface area (Å²) in [6.45, 7) is 4.37. The van der Waals surface area contributed by atoms with Crippen LogP contribution in [0.1, 0.15) is 25.0 Å². The summed E-state index contributed by atoms with van der Waals surface area (Å²) in [5, 5.41) is 0. The number of rotatable bonds is 5. The lowest BCUT2D eigenvalue weighted by Crippen LogP contribution is -2.09. The van der Waals surface area contributed by atoms with E-state index in [1.54, 1.807) is 0 Å². The maximum atomic E-state index is 3.53. The largest absolute Gasteiger partial charge is 0.311 e. The van der Waals surface area contributed by atoms with Crippen molar-refractivity contribution < 1.29 is 0 Å². The highest BCUT2D eigenvalue weighted by Gasteiger charge is 2.12. The zero-order valence-electron chi connectivity index (χ0n) is 14.2. The Kier molecular flexibility index (Phi) is 5.37. The van der Waals surface area contributed by atoms with Gasteiger partial charge in [0.2, 0.25) is 0 Å². The molecule has 3 aromatic carbocycles. The highest BCUT2D eigenvalue weighted by molar-refractivity contribution is 9.10. The molecule has 0 N–H and O–H groups in total. The van der Waals surface area contributed by atoms with E-state index in [9.17, 15) is 0 Å². The summed E-state index contributed by atoms with van der Waals surface area (Å²) in [6, 6.07) is 26.1. The van der Waals surface area contributed by atoms with E-state index < -0.39 is 0 Å². The topological polar surface area (TPSA) is 3.24 Å². The van der Waals surface area contributed by atoms with E-state index in [-0.39, 0.29) is 0 Å². The fourth-order valence-electron chi connectivity index (χ4n) is 2.80. The van der Waals surface area contributed by atoms with Crippen LogP contribution >= 0.6 is 15.9 Å². The van der Waals surface area contributed by atoms with Gasteiger partial charge in [-0.15, -0.1) is 0 Å². The molecule has 0 unspecified atom stereocenters. The van der Waals surface area contributed by atoms with Crippen LogP contribution in [0.3, 0.4) is 0 Å². The first-order valence-corrected chi connectivity index (χ1v) is 9.24. The lowest BCUT2D eigenvalue weighted by atomic mass is 10.1. The third kappa shape index (κ3) is 3.70. The van der Waals surface area contributed by atoms with Gasteiger partial charge in [0.15, 0.2) is 0 Å². The van der Waals surface area contributed by atoms with E-state index in [1.165, 1.54) is 22.5 Å². The van der Waals surface area contributed by atoms with Gasteiger partial charge in [-0.1, -0.05) is 54.0 Å². The second kappa shape index (κ2) is 7.67. The quantitative estimate of drug-likeness (QED) is 0.459. The van der Waals surface area contributed by atoms with Gasteiger partial charge < -0.3 is 4.90 Å². The number of nitrogens with zero attached hydrogens (tertiary/aromatic N) is 1. The van der Waals surface area contributed by atoms with Gasteiger partial charge >= 0.3 is 0 Å². The molecule has 0 aliphatic heterocycles. The van der Waals surface area contributed by atoms with E-state index in [0.717, 1.165) is 23.0 Å². The summed E-state index contributed by atoms with van der Waals surface area (Å²) in [6.07, 6.45) is 2.12. The van der Waals surface area contributed by atoms with Crippen molar-refractivity contribution in [2.75, 3.05) is 4.90 Å². The molecule has 0 amide bonds. The van der Waals surface area contributed by atoms with Crippen molar-refractivity contribution in [2.24, 2.45) is 0 Å². The smallest absolute Gasteiger partial charge is 0.0462 e. The van der Waals surface area contributed by atoms with Crippen LogP contribution in [0.25, 0.3) is 0 Å². The zero-order chi connectivity index (χ0) is 16.9. The molecule has 0 heterocycles. The van der Waals surface area contributed by atoms with Gasteiger partial charge in [0, 0.05) is 21.5 Å². The maximum absolute atomic E-state index is 3.53. The van der Waals surface area contributed by atoms with Crippen LogP contribution in [0.5, 0.6) is 0 Å². The molecule has 0 saturated heterocycles. The zero-order valence-corrected chi connectivity index (χ0v) is 15.8. The molecule has 0 atom stereocenters. The Hall–Kier alpha value is -2.06. The standard InChI is InChI=1S/C22H22BrN/c1-3-17-5-11-20(12-6-17)24(22-15-9-19(23)10-16-22)21-13-7-18(4-2)8-14-21/h5-16H,3-4H2,1-2H3. The van der Waals surface area contributed by atoms with Crippen molar-refractivity contribution in [3.63, 3.8) is 0 Å². The van der Waals surface area contributed by atoms with Crippen LogP contribution in [-0.2, 0) is 12.8 Å². The Balaban J connectivity index is 2.06. The van der Waals surface area contributed by atoms with Crippen LogP contribution in [0.4, 0.5) is 17.1 Å². The molecular formula is C22H22BrN. The molecule has 0 aliphatic rings. The molecule has 0 aliphatic carbocycles. The first-order chi connectivity index (χ1) is 11.7. The van der Waals surface area contributed by atoms with E-state index >= 15 is 0 Å². The van der Waals surface area contributed by atoms with Crippen LogP contribution in [0.15, 0.2) is 77.3 Å². The summed E-state index contributed by atoms with van der Waals surface area (Å²) < 4.78 is 1.09. The van der Waals surface area contributed by atoms with Crippen LogP contribution in [-0.4, -0.2) is 0 Å². The van der Waals surface area contributed by atoms with E-state index in [4.69, 9.17) is 0 Å². The molecule has 0 fully saturated rings. The number of anilines is 3. The molecule has 0 radical (unpaired) electrons. The average Bonchev–Trinajstić information content (AvgIpc) is 2.64. The van der Waals surface area contributed by atoms with E-state index in [1.807, 2.05) is 0 Å². The van der Waals surface area contributed by atoms with Gasteiger partial charge in [0.05, 0.1) is 0 Å². The number of hydrogen-bond donors (Lipinski definition) is 0. The SMILES string of the molecule is CCc1ccc(N(c2ccc(Br)cc2)c2ccc(CC)cc2)cc1. The van der Waals surface area contributed by atoms with Crippen LogP contribution < -0.4 is 4.90 Å². The molecule has 3 aromatic rings. The first kappa shape index (κ1) is 16.8. The van der Waals surface area contributed by atoms with Crippen molar-refractivity contribution in [3.8, 4) is 0 Å². The number of halogens is 1. The molecule has 2 heteroatoms. The minimum Gasteiger partial charge on any atom is -0.311 e. The minimum atomic E-state index is 1.06. The van der Waals surface area contributed by atoms with Crippen LogP contribution in [0, 0.1) is 0 Å². The maximum Gasteiger partial charge on any atom is 0.0462 e. The molecule has 24 heavy (non-hydrogen) atoms.